The van der Waals surface area contributed by atoms with Crippen LogP contribution in [0.1, 0.15) is 57.8 Å². The summed E-state index contributed by atoms with van der Waals surface area (Å²) in [5.74, 6) is 1.08. The minimum Gasteiger partial charge on any atom is -0.353 e. The molecular formula is C17H31N3O. The van der Waals surface area contributed by atoms with E-state index in [1.807, 2.05) is 0 Å². The van der Waals surface area contributed by atoms with Crippen molar-refractivity contribution in [2.45, 2.75) is 75.9 Å². The third kappa shape index (κ3) is 3.42. The van der Waals surface area contributed by atoms with E-state index in [2.05, 4.69) is 17.3 Å². The summed E-state index contributed by atoms with van der Waals surface area (Å²) in [6.45, 7) is 0.738. The lowest BCUT2D eigenvalue weighted by atomic mass is 9.79. The van der Waals surface area contributed by atoms with Crippen LogP contribution in [0.5, 0.6) is 0 Å². The van der Waals surface area contributed by atoms with Gasteiger partial charge in [0.15, 0.2) is 0 Å². The van der Waals surface area contributed by atoms with Crippen molar-refractivity contribution in [1.29, 1.82) is 0 Å². The van der Waals surface area contributed by atoms with E-state index in [4.69, 9.17) is 5.73 Å². The molecule has 3 N–H and O–H groups in total. The molecule has 2 heterocycles. The Hall–Kier alpha value is -0.610. The first-order valence-electron chi connectivity index (χ1n) is 8.89. The zero-order valence-corrected chi connectivity index (χ0v) is 13.4. The van der Waals surface area contributed by atoms with Crippen molar-refractivity contribution in [3.05, 3.63) is 0 Å². The van der Waals surface area contributed by atoms with Gasteiger partial charge in [0.2, 0.25) is 5.91 Å². The predicted molar refractivity (Wildman–Crippen MR) is 84.9 cm³/mol. The highest BCUT2D eigenvalue weighted by molar-refractivity contribution is 5.79. The van der Waals surface area contributed by atoms with Crippen LogP contribution in [-0.2, 0) is 4.79 Å². The highest BCUT2D eigenvalue weighted by atomic mass is 16.1. The summed E-state index contributed by atoms with van der Waals surface area (Å²) < 4.78 is 0. The van der Waals surface area contributed by atoms with E-state index in [1.165, 1.54) is 32.1 Å². The number of fused-ring (bicyclic) bond motifs is 2. The fourth-order valence-corrected chi connectivity index (χ4v) is 4.80. The molecule has 0 aromatic heterocycles. The van der Waals surface area contributed by atoms with E-state index in [0.717, 1.165) is 32.2 Å². The van der Waals surface area contributed by atoms with Crippen molar-refractivity contribution in [3.8, 4) is 0 Å². The number of carbonyl (C=O) groups excluding carboxylic acids is 1. The Balaban J connectivity index is 1.53. The quantitative estimate of drug-likeness (QED) is 0.835. The number of nitrogens with zero attached hydrogens (tertiary/aromatic N) is 1. The van der Waals surface area contributed by atoms with Crippen molar-refractivity contribution < 1.29 is 4.79 Å². The van der Waals surface area contributed by atoms with Gasteiger partial charge in [-0.05, 0) is 64.5 Å². The molecule has 4 unspecified atom stereocenters. The lowest BCUT2D eigenvalue weighted by Gasteiger charge is -2.47. The van der Waals surface area contributed by atoms with E-state index in [1.54, 1.807) is 0 Å². The van der Waals surface area contributed by atoms with Gasteiger partial charge in [-0.3, -0.25) is 4.79 Å². The lowest BCUT2D eigenvalue weighted by molar-refractivity contribution is -0.128. The zero-order chi connectivity index (χ0) is 14.8. The Morgan fingerprint density at radius 3 is 2.43 bits per heavy atom. The summed E-state index contributed by atoms with van der Waals surface area (Å²) in [4.78, 5) is 15.1. The van der Waals surface area contributed by atoms with Crippen molar-refractivity contribution in [3.63, 3.8) is 0 Å². The molecule has 1 aliphatic carbocycles. The molecule has 120 valence electrons. The maximum Gasteiger partial charge on any atom is 0.223 e. The standard InChI is InChI=1S/C17H31N3O/c1-20-15-6-3-7-16(20)10-14(9-15)19-17(21)13-5-2-4-12(8-13)11-18/h12-16H,2-11,18H2,1H3,(H,19,21). The number of nitrogens with one attached hydrogen (secondary N) is 1. The maximum atomic E-state index is 12.6. The Morgan fingerprint density at radius 2 is 1.76 bits per heavy atom. The normalized spacial score (nSPS) is 40.8. The Labute approximate surface area is 128 Å². The molecule has 3 fully saturated rings. The molecule has 0 spiro atoms. The average Bonchev–Trinajstić information content (AvgIpc) is 2.48. The first-order valence-corrected chi connectivity index (χ1v) is 8.89. The monoisotopic (exact) mass is 293 g/mol. The molecule has 4 atom stereocenters. The van der Waals surface area contributed by atoms with Crippen LogP contribution in [0.2, 0.25) is 0 Å². The molecule has 4 heteroatoms. The summed E-state index contributed by atoms with van der Waals surface area (Å²) in [5.41, 5.74) is 5.79. The smallest absolute Gasteiger partial charge is 0.223 e. The van der Waals surface area contributed by atoms with E-state index < -0.39 is 0 Å². The molecule has 21 heavy (non-hydrogen) atoms. The van der Waals surface area contributed by atoms with Gasteiger partial charge in [-0.2, -0.15) is 0 Å². The topological polar surface area (TPSA) is 58.4 Å². The van der Waals surface area contributed by atoms with Crippen LogP contribution in [-0.4, -0.2) is 42.5 Å². The van der Waals surface area contributed by atoms with Gasteiger partial charge < -0.3 is 16.0 Å². The summed E-state index contributed by atoms with van der Waals surface area (Å²) in [6, 6.07) is 1.78. The Morgan fingerprint density at radius 1 is 1.10 bits per heavy atom. The number of amides is 1. The fourth-order valence-electron chi connectivity index (χ4n) is 4.80. The van der Waals surface area contributed by atoms with Gasteiger partial charge in [0.1, 0.15) is 0 Å². The van der Waals surface area contributed by atoms with Crippen molar-refractivity contribution in [1.82, 2.24) is 10.2 Å². The molecule has 3 rings (SSSR count). The molecule has 0 aromatic rings. The first-order chi connectivity index (χ1) is 10.2. The summed E-state index contributed by atoms with van der Waals surface area (Å²) in [6.07, 6.45) is 10.7. The van der Waals surface area contributed by atoms with Gasteiger partial charge in [-0.25, -0.2) is 0 Å². The number of rotatable bonds is 3. The van der Waals surface area contributed by atoms with Crippen LogP contribution in [0.25, 0.3) is 0 Å². The molecule has 2 saturated heterocycles. The number of carbonyl (C=O) groups is 1. The molecule has 2 bridgehead atoms. The summed E-state index contributed by atoms with van der Waals surface area (Å²) >= 11 is 0. The molecule has 3 aliphatic rings. The predicted octanol–water partition coefficient (Wildman–Crippen LogP) is 1.88. The number of piperidine rings is 2. The van der Waals surface area contributed by atoms with Crippen molar-refractivity contribution in [2.24, 2.45) is 17.6 Å². The lowest BCUT2D eigenvalue weighted by Crippen LogP contribution is -2.56. The van der Waals surface area contributed by atoms with Crippen LogP contribution in [0.4, 0.5) is 0 Å². The minimum absolute atomic E-state index is 0.215. The molecule has 4 nitrogen and oxygen atoms in total. The number of hydrogen-bond acceptors (Lipinski definition) is 3. The van der Waals surface area contributed by atoms with Crippen molar-refractivity contribution in [2.75, 3.05) is 13.6 Å². The van der Waals surface area contributed by atoms with E-state index >= 15 is 0 Å². The maximum absolute atomic E-state index is 12.6. The van der Waals surface area contributed by atoms with Gasteiger partial charge in [0.25, 0.3) is 0 Å². The Kier molecular flexibility index (Phi) is 4.85. The second-order valence-electron chi connectivity index (χ2n) is 7.55. The van der Waals surface area contributed by atoms with Crippen molar-refractivity contribution >= 4 is 5.91 Å². The largest absolute Gasteiger partial charge is 0.353 e. The molecule has 1 amide bonds. The van der Waals surface area contributed by atoms with Gasteiger partial charge in [-0.1, -0.05) is 12.8 Å². The van der Waals surface area contributed by atoms with Crippen LogP contribution in [0.3, 0.4) is 0 Å². The average molecular weight is 293 g/mol. The van der Waals surface area contributed by atoms with Gasteiger partial charge in [0.05, 0.1) is 0 Å². The highest BCUT2D eigenvalue weighted by Crippen LogP contribution is 2.33. The van der Waals surface area contributed by atoms with Crippen LogP contribution in [0.15, 0.2) is 0 Å². The van der Waals surface area contributed by atoms with Gasteiger partial charge >= 0.3 is 0 Å². The summed E-state index contributed by atoms with van der Waals surface area (Å²) in [5, 5.41) is 3.38. The van der Waals surface area contributed by atoms with E-state index in [0.29, 0.717) is 30.0 Å². The molecule has 1 saturated carbocycles. The van der Waals surface area contributed by atoms with Gasteiger partial charge in [0, 0.05) is 24.0 Å². The number of nitrogens with two attached hydrogens (primary N) is 1. The Bertz CT molecular complexity index is 359. The molecular weight excluding hydrogens is 262 g/mol. The second kappa shape index (κ2) is 6.66. The molecule has 2 aliphatic heterocycles. The van der Waals surface area contributed by atoms with Crippen LogP contribution >= 0.6 is 0 Å². The third-order valence-electron chi connectivity index (χ3n) is 6.17. The zero-order valence-electron chi connectivity index (χ0n) is 13.4. The van der Waals surface area contributed by atoms with Gasteiger partial charge in [-0.15, -0.1) is 0 Å². The SMILES string of the molecule is CN1C2CCCC1CC(NC(=O)C1CCCC(CN)C1)C2. The number of hydrogen-bond donors (Lipinski definition) is 2. The molecule has 0 aromatic carbocycles. The second-order valence-corrected chi connectivity index (χ2v) is 7.55. The first kappa shape index (κ1) is 15.3. The minimum atomic E-state index is 0.215. The fraction of sp³-hybridized carbons (Fsp3) is 0.941. The third-order valence-corrected chi connectivity index (χ3v) is 6.17. The molecule has 0 radical (unpaired) electrons. The van der Waals surface area contributed by atoms with E-state index in [-0.39, 0.29) is 5.92 Å². The highest BCUT2D eigenvalue weighted by Gasteiger charge is 2.37. The van der Waals surface area contributed by atoms with E-state index in [9.17, 15) is 4.79 Å². The van der Waals surface area contributed by atoms with Crippen LogP contribution < -0.4 is 11.1 Å². The van der Waals surface area contributed by atoms with Crippen LogP contribution in [0, 0.1) is 11.8 Å². The summed E-state index contributed by atoms with van der Waals surface area (Å²) in [7, 11) is 2.26.